The lowest BCUT2D eigenvalue weighted by Gasteiger charge is -2.13. The monoisotopic (exact) mass is 319 g/mol. The maximum Gasteiger partial charge on any atom is 0.155 e. The summed E-state index contributed by atoms with van der Waals surface area (Å²) >= 11 is 2.25. The first-order valence-corrected chi connectivity index (χ1v) is 6.21. The summed E-state index contributed by atoms with van der Waals surface area (Å²) in [4.78, 5) is 4.12. The maximum absolute atomic E-state index is 5.73. The Kier molecular flexibility index (Phi) is 3.33. The number of hydrogen-bond donors (Lipinski definition) is 0. The normalized spacial score (nSPS) is 15.5. The van der Waals surface area contributed by atoms with Crippen LogP contribution in [0.2, 0.25) is 0 Å². The lowest BCUT2D eigenvalue weighted by atomic mass is 10.4. The van der Waals surface area contributed by atoms with Crippen molar-refractivity contribution >= 4 is 22.6 Å². The fraction of sp³-hybridized carbons (Fsp3) is 0.545. The molecule has 4 heteroatoms. The number of rotatable bonds is 4. The number of aromatic nitrogens is 1. The molecule has 0 aromatic carbocycles. The molecule has 0 saturated heterocycles. The van der Waals surface area contributed by atoms with Crippen molar-refractivity contribution in [3.05, 3.63) is 16.0 Å². The average molecular weight is 319 g/mol. The van der Waals surface area contributed by atoms with Gasteiger partial charge in [0, 0.05) is 0 Å². The van der Waals surface area contributed by atoms with Crippen molar-refractivity contribution in [1.82, 2.24) is 4.98 Å². The Bertz CT molecular complexity index is 328. The number of ether oxygens (including phenoxy) is 2. The van der Waals surface area contributed by atoms with E-state index in [1.54, 1.807) is 12.4 Å². The summed E-state index contributed by atoms with van der Waals surface area (Å²) in [5.74, 6) is 1.65. The highest BCUT2D eigenvalue weighted by molar-refractivity contribution is 14.1. The van der Waals surface area contributed by atoms with Gasteiger partial charge in [-0.3, -0.25) is 4.98 Å². The highest BCUT2D eigenvalue weighted by atomic mass is 127. The van der Waals surface area contributed by atoms with E-state index in [9.17, 15) is 0 Å². The van der Waals surface area contributed by atoms with Gasteiger partial charge in [-0.15, -0.1) is 0 Å². The molecule has 82 valence electrons. The molecule has 1 saturated carbocycles. The van der Waals surface area contributed by atoms with Gasteiger partial charge in [0.1, 0.15) is 3.57 Å². The molecule has 1 aromatic heterocycles. The van der Waals surface area contributed by atoms with Crippen LogP contribution in [0.4, 0.5) is 0 Å². The largest absolute Gasteiger partial charge is 0.488 e. The van der Waals surface area contributed by atoms with Crippen LogP contribution in [0, 0.1) is 3.57 Å². The second-order valence-electron chi connectivity index (χ2n) is 3.93. The predicted octanol–water partition coefficient (Wildman–Crippen LogP) is 3.01. The molecule has 1 aliphatic rings. The number of nitrogens with zero attached hydrogens (tertiary/aromatic N) is 1. The van der Waals surface area contributed by atoms with Crippen molar-refractivity contribution in [2.75, 3.05) is 0 Å². The van der Waals surface area contributed by atoms with Crippen molar-refractivity contribution < 1.29 is 9.47 Å². The van der Waals surface area contributed by atoms with E-state index in [2.05, 4.69) is 27.6 Å². The topological polar surface area (TPSA) is 31.4 Å². The van der Waals surface area contributed by atoms with Crippen LogP contribution >= 0.6 is 22.6 Å². The molecule has 0 unspecified atom stereocenters. The number of hydrogen-bond acceptors (Lipinski definition) is 3. The molecular formula is C11H14INO2. The van der Waals surface area contributed by atoms with E-state index in [1.807, 2.05) is 13.8 Å². The quantitative estimate of drug-likeness (QED) is 0.800. The van der Waals surface area contributed by atoms with Gasteiger partial charge in [-0.1, -0.05) is 0 Å². The lowest BCUT2D eigenvalue weighted by Crippen LogP contribution is -2.08. The summed E-state index contributed by atoms with van der Waals surface area (Å²) in [7, 11) is 0. The third-order valence-electron chi connectivity index (χ3n) is 2.00. The number of pyridine rings is 1. The standard InChI is InChI=1S/C11H14INO2/c1-7(2)14-9-5-13-6-10(11(9)12)15-8-3-4-8/h5-8H,3-4H2,1-2H3. The van der Waals surface area contributed by atoms with Gasteiger partial charge in [0.05, 0.1) is 24.6 Å². The first-order valence-electron chi connectivity index (χ1n) is 5.13. The highest BCUT2D eigenvalue weighted by Gasteiger charge is 2.25. The van der Waals surface area contributed by atoms with Gasteiger partial charge >= 0.3 is 0 Å². The Morgan fingerprint density at radius 3 is 2.60 bits per heavy atom. The van der Waals surface area contributed by atoms with E-state index in [0.29, 0.717) is 6.10 Å². The van der Waals surface area contributed by atoms with Crippen LogP contribution in [0.1, 0.15) is 26.7 Å². The summed E-state index contributed by atoms with van der Waals surface area (Å²) in [6, 6.07) is 0. The molecule has 1 fully saturated rings. The molecule has 1 heterocycles. The fourth-order valence-corrected chi connectivity index (χ4v) is 1.72. The van der Waals surface area contributed by atoms with Crippen LogP contribution in [0.15, 0.2) is 12.4 Å². The minimum Gasteiger partial charge on any atom is -0.488 e. The van der Waals surface area contributed by atoms with E-state index in [-0.39, 0.29) is 6.10 Å². The van der Waals surface area contributed by atoms with Crippen LogP contribution in [-0.2, 0) is 0 Å². The molecule has 3 nitrogen and oxygen atoms in total. The molecule has 0 bridgehead atoms. The van der Waals surface area contributed by atoms with Crippen molar-refractivity contribution in [2.45, 2.75) is 38.9 Å². The summed E-state index contributed by atoms with van der Waals surface area (Å²) in [6.45, 7) is 4.01. The average Bonchev–Trinajstić information content (AvgIpc) is 2.95. The Labute approximate surface area is 103 Å². The fourth-order valence-electron chi connectivity index (χ4n) is 1.19. The first kappa shape index (κ1) is 11.0. The molecule has 0 N–H and O–H groups in total. The second kappa shape index (κ2) is 4.55. The van der Waals surface area contributed by atoms with Gasteiger partial charge in [-0.2, -0.15) is 0 Å². The highest BCUT2D eigenvalue weighted by Crippen LogP contribution is 2.33. The third kappa shape index (κ3) is 2.96. The van der Waals surface area contributed by atoms with Crippen molar-refractivity contribution in [3.8, 4) is 11.5 Å². The Hall–Kier alpha value is -0.520. The van der Waals surface area contributed by atoms with Crippen molar-refractivity contribution in [1.29, 1.82) is 0 Å². The maximum atomic E-state index is 5.73. The van der Waals surface area contributed by atoms with Gasteiger partial charge in [0.2, 0.25) is 0 Å². The minimum atomic E-state index is 0.163. The van der Waals surface area contributed by atoms with Gasteiger partial charge < -0.3 is 9.47 Å². The smallest absolute Gasteiger partial charge is 0.155 e. The summed E-state index contributed by atoms with van der Waals surface area (Å²) in [6.07, 6.45) is 6.37. The SMILES string of the molecule is CC(C)Oc1cncc(OC2CC2)c1I. The Morgan fingerprint density at radius 1 is 1.33 bits per heavy atom. The van der Waals surface area contributed by atoms with Gasteiger partial charge in [-0.25, -0.2) is 0 Å². The second-order valence-corrected chi connectivity index (χ2v) is 5.01. The zero-order valence-corrected chi connectivity index (χ0v) is 11.0. The zero-order valence-electron chi connectivity index (χ0n) is 8.87. The van der Waals surface area contributed by atoms with Crippen molar-refractivity contribution in [2.24, 2.45) is 0 Å². The van der Waals surface area contributed by atoms with Crippen LogP contribution in [0.3, 0.4) is 0 Å². The number of halogens is 1. The molecule has 1 aliphatic carbocycles. The molecular weight excluding hydrogens is 305 g/mol. The molecule has 0 aliphatic heterocycles. The van der Waals surface area contributed by atoms with E-state index in [4.69, 9.17) is 9.47 Å². The molecule has 0 amide bonds. The summed E-state index contributed by atoms with van der Waals surface area (Å²) in [5, 5.41) is 0. The Balaban J connectivity index is 2.15. The van der Waals surface area contributed by atoms with Crippen LogP contribution in [0.25, 0.3) is 0 Å². The van der Waals surface area contributed by atoms with Gasteiger partial charge in [0.25, 0.3) is 0 Å². The lowest BCUT2D eigenvalue weighted by molar-refractivity contribution is 0.235. The summed E-state index contributed by atoms with van der Waals surface area (Å²) in [5.41, 5.74) is 0. The molecule has 1 aromatic rings. The van der Waals surface area contributed by atoms with E-state index < -0.39 is 0 Å². The van der Waals surface area contributed by atoms with Crippen LogP contribution in [-0.4, -0.2) is 17.2 Å². The molecule has 0 atom stereocenters. The van der Waals surface area contributed by atoms with Crippen LogP contribution < -0.4 is 9.47 Å². The van der Waals surface area contributed by atoms with E-state index in [1.165, 1.54) is 0 Å². The van der Waals surface area contributed by atoms with Crippen LogP contribution in [0.5, 0.6) is 11.5 Å². The Morgan fingerprint density at radius 2 is 2.00 bits per heavy atom. The zero-order chi connectivity index (χ0) is 10.8. The predicted molar refractivity (Wildman–Crippen MR) is 66.4 cm³/mol. The summed E-state index contributed by atoms with van der Waals surface area (Å²) < 4.78 is 12.4. The first-order chi connectivity index (χ1) is 7.16. The molecule has 2 rings (SSSR count). The van der Waals surface area contributed by atoms with E-state index in [0.717, 1.165) is 27.9 Å². The van der Waals surface area contributed by atoms with E-state index >= 15 is 0 Å². The van der Waals surface area contributed by atoms with Gasteiger partial charge in [-0.05, 0) is 49.3 Å². The third-order valence-corrected chi connectivity index (χ3v) is 3.06. The van der Waals surface area contributed by atoms with Gasteiger partial charge in [0.15, 0.2) is 11.5 Å². The van der Waals surface area contributed by atoms with Crippen molar-refractivity contribution in [3.63, 3.8) is 0 Å². The minimum absolute atomic E-state index is 0.163. The molecule has 0 spiro atoms. The molecule has 0 radical (unpaired) electrons. The molecule has 15 heavy (non-hydrogen) atoms.